The van der Waals surface area contributed by atoms with E-state index in [1.54, 1.807) is 0 Å². The highest BCUT2D eigenvalue weighted by molar-refractivity contribution is 5.68. The second kappa shape index (κ2) is 27.6. The Morgan fingerprint density at radius 2 is 0.800 bits per heavy atom. The molecule has 1 atom stereocenters. The fourth-order valence-corrected chi connectivity index (χ4v) is 7.81. The number of hydrogen-bond donors (Lipinski definition) is 4. The predicted molar refractivity (Wildman–Crippen MR) is 257 cm³/mol. The van der Waals surface area contributed by atoms with Crippen molar-refractivity contribution in [2.24, 2.45) is 0 Å². The average Bonchev–Trinajstić information content (AvgIpc) is 3.12. The lowest BCUT2D eigenvalue weighted by molar-refractivity contribution is -0.138. The van der Waals surface area contributed by atoms with Gasteiger partial charge in [-0.05, 0) is 73.8 Å². The monoisotopic (exact) mass is 837 g/mol. The Morgan fingerprint density at radius 3 is 1.08 bits per heavy atom. The Kier molecular flexibility index (Phi) is 26.1. The van der Waals surface area contributed by atoms with Crippen LogP contribution in [0.4, 0.5) is 0 Å². The summed E-state index contributed by atoms with van der Waals surface area (Å²) in [5, 5.41) is 40.1. The van der Waals surface area contributed by atoms with Gasteiger partial charge in [0.2, 0.25) is 0 Å². The molecule has 0 aliphatic heterocycles. The molecule has 1 unspecified atom stereocenters. The van der Waals surface area contributed by atoms with Crippen LogP contribution < -0.4 is 0 Å². The van der Waals surface area contributed by atoms with Crippen molar-refractivity contribution in [1.29, 1.82) is 0 Å². The van der Waals surface area contributed by atoms with Crippen LogP contribution in [0.3, 0.4) is 0 Å². The van der Waals surface area contributed by atoms with Gasteiger partial charge in [0.15, 0.2) is 0 Å². The zero-order valence-electron chi connectivity index (χ0n) is 41.0. The molecule has 2 rings (SSSR count). The second-order valence-electron chi connectivity index (χ2n) is 21.3. The third-order valence-corrected chi connectivity index (χ3v) is 11.5. The molecule has 0 aromatic heterocycles. The van der Waals surface area contributed by atoms with E-state index in [9.17, 15) is 24.9 Å². The molecule has 0 aliphatic carbocycles. The SMILES string of the molecule is C=C.CC(C)(C)c1cc(CCC(=O)O)cc(C(C)(C)C)c1O.CCCCCCCCCCCCCCCCCCC(CC(=O)O)c1cc(C(C)(C)C)c(O)c(C(C)(C)C)c1. The third kappa shape index (κ3) is 22.5. The molecule has 0 spiro atoms. The molecule has 0 heterocycles. The van der Waals surface area contributed by atoms with Crippen LogP contribution in [0, 0.1) is 0 Å². The molecule has 6 nitrogen and oxygen atoms in total. The number of aromatic hydroxyl groups is 2. The van der Waals surface area contributed by atoms with Gasteiger partial charge in [-0.3, -0.25) is 9.59 Å². The van der Waals surface area contributed by atoms with Crippen LogP contribution in [0.5, 0.6) is 11.5 Å². The van der Waals surface area contributed by atoms with E-state index in [-0.39, 0.29) is 40.4 Å². The Balaban J connectivity index is 0.00000132. The van der Waals surface area contributed by atoms with Gasteiger partial charge in [0.25, 0.3) is 0 Å². The van der Waals surface area contributed by atoms with Gasteiger partial charge in [-0.2, -0.15) is 0 Å². The molecule has 0 amide bonds. The maximum absolute atomic E-state index is 11.7. The quantitative estimate of drug-likeness (QED) is 0.0655. The highest BCUT2D eigenvalue weighted by atomic mass is 16.4. The molecule has 6 heteroatoms. The number of hydrogen-bond acceptors (Lipinski definition) is 4. The number of aliphatic carboxylic acids is 2. The van der Waals surface area contributed by atoms with E-state index in [0.717, 1.165) is 46.2 Å². The smallest absolute Gasteiger partial charge is 0.303 e. The lowest BCUT2D eigenvalue weighted by Gasteiger charge is -2.30. The first kappa shape index (κ1) is 56.7. The first-order chi connectivity index (χ1) is 27.8. The van der Waals surface area contributed by atoms with Crippen LogP contribution in [-0.4, -0.2) is 32.4 Å². The molecule has 0 aliphatic rings. The molecular formula is C54H92O6. The third-order valence-electron chi connectivity index (χ3n) is 11.5. The van der Waals surface area contributed by atoms with Crippen molar-refractivity contribution in [2.45, 2.75) is 246 Å². The average molecular weight is 837 g/mol. The summed E-state index contributed by atoms with van der Waals surface area (Å²) in [5.74, 6) is -0.849. The highest BCUT2D eigenvalue weighted by Crippen LogP contribution is 2.43. The number of phenolic OH excluding ortho intramolecular Hbond substituents is 2. The van der Waals surface area contributed by atoms with E-state index in [2.05, 4.69) is 115 Å². The van der Waals surface area contributed by atoms with Crippen molar-refractivity contribution < 1.29 is 30.0 Å². The van der Waals surface area contributed by atoms with Crippen molar-refractivity contribution in [1.82, 2.24) is 0 Å². The van der Waals surface area contributed by atoms with Crippen molar-refractivity contribution >= 4 is 11.9 Å². The number of phenols is 2. The van der Waals surface area contributed by atoms with Crippen molar-refractivity contribution in [3.05, 3.63) is 70.8 Å². The Bertz CT molecular complexity index is 1460. The number of carboxylic acid groups (broad SMARTS) is 2. The van der Waals surface area contributed by atoms with Gasteiger partial charge >= 0.3 is 11.9 Å². The summed E-state index contributed by atoms with van der Waals surface area (Å²) >= 11 is 0. The Morgan fingerprint density at radius 1 is 0.500 bits per heavy atom. The molecular weight excluding hydrogens is 745 g/mol. The number of unbranched alkanes of at least 4 members (excludes halogenated alkanes) is 15. The summed E-state index contributed by atoms with van der Waals surface area (Å²) in [6.07, 6.45) is 23.1. The minimum Gasteiger partial charge on any atom is -0.507 e. The zero-order valence-corrected chi connectivity index (χ0v) is 41.0. The first-order valence-corrected chi connectivity index (χ1v) is 23.5. The first-order valence-electron chi connectivity index (χ1n) is 23.5. The summed E-state index contributed by atoms with van der Waals surface area (Å²) in [6, 6.07) is 8.02. The minimum atomic E-state index is -0.798. The summed E-state index contributed by atoms with van der Waals surface area (Å²) in [7, 11) is 0. The van der Waals surface area contributed by atoms with Crippen LogP contribution in [0.25, 0.3) is 0 Å². The molecule has 0 fully saturated rings. The molecule has 0 saturated heterocycles. The van der Waals surface area contributed by atoms with Gasteiger partial charge in [0, 0.05) is 6.42 Å². The van der Waals surface area contributed by atoms with Crippen LogP contribution in [0.15, 0.2) is 37.4 Å². The number of benzene rings is 2. The molecule has 4 N–H and O–H groups in total. The van der Waals surface area contributed by atoms with Crippen molar-refractivity contribution in [3.8, 4) is 11.5 Å². The van der Waals surface area contributed by atoms with Crippen LogP contribution in [0.1, 0.15) is 251 Å². The molecule has 60 heavy (non-hydrogen) atoms. The van der Waals surface area contributed by atoms with E-state index < -0.39 is 11.9 Å². The summed E-state index contributed by atoms with van der Waals surface area (Å²) in [6.45, 7) is 33.3. The lowest BCUT2D eigenvalue weighted by Crippen LogP contribution is -2.19. The summed E-state index contributed by atoms with van der Waals surface area (Å²) < 4.78 is 0. The molecule has 0 saturated carbocycles. The molecule has 2 aromatic carbocycles. The highest BCUT2D eigenvalue weighted by Gasteiger charge is 2.29. The number of rotatable bonds is 23. The number of carbonyl (C=O) groups is 2. The Labute approximate surface area is 369 Å². The van der Waals surface area contributed by atoms with Crippen molar-refractivity contribution in [2.75, 3.05) is 0 Å². The van der Waals surface area contributed by atoms with Crippen LogP contribution >= 0.6 is 0 Å². The fourth-order valence-electron chi connectivity index (χ4n) is 7.81. The van der Waals surface area contributed by atoms with Gasteiger partial charge in [-0.1, -0.05) is 217 Å². The van der Waals surface area contributed by atoms with Gasteiger partial charge < -0.3 is 20.4 Å². The van der Waals surface area contributed by atoms with E-state index >= 15 is 0 Å². The Hall–Kier alpha value is -3.28. The molecule has 0 radical (unpaired) electrons. The zero-order chi connectivity index (χ0) is 46.3. The lowest BCUT2D eigenvalue weighted by atomic mass is 9.76. The molecule has 0 bridgehead atoms. The number of carboxylic acids is 2. The summed E-state index contributed by atoms with van der Waals surface area (Å²) in [4.78, 5) is 22.5. The fraction of sp³-hybridized carbons (Fsp3) is 0.704. The maximum atomic E-state index is 11.7. The van der Waals surface area contributed by atoms with E-state index in [1.807, 2.05) is 12.1 Å². The minimum absolute atomic E-state index is 0.0121. The normalized spacial score (nSPS) is 12.6. The van der Waals surface area contributed by atoms with Crippen LogP contribution in [-0.2, 0) is 37.7 Å². The second-order valence-corrected chi connectivity index (χ2v) is 21.3. The van der Waals surface area contributed by atoms with Gasteiger partial charge in [0.05, 0.1) is 6.42 Å². The molecule has 2 aromatic rings. The van der Waals surface area contributed by atoms with E-state index in [0.29, 0.717) is 17.9 Å². The summed E-state index contributed by atoms with van der Waals surface area (Å²) in [5.41, 5.74) is 4.87. The van der Waals surface area contributed by atoms with Crippen molar-refractivity contribution in [3.63, 3.8) is 0 Å². The van der Waals surface area contributed by atoms with E-state index in [4.69, 9.17) is 5.11 Å². The van der Waals surface area contributed by atoms with Gasteiger partial charge in [-0.25, -0.2) is 0 Å². The maximum Gasteiger partial charge on any atom is 0.303 e. The van der Waals surface area contributed by atoms with Crippen LogP contribution in [0.2, 0.25) is 0 Å². The largest absolute Gasteiger partial charge is 0.507 e. The topological polar surface area (TPSA) is 115 Å². The van der Waals surface area contributed by atoms with Gasteiger partial charge in [0.1, 0.15) is 11.5 Å². The van der Waals surface area contributed by atoms with E-state index in [1.165, 1.54) is 96.3 Å². The molecule has 344 valence electrons. The standard InChI is InChI=1S/C35H62O3.C17H26O3.C2H4/c1-8-9-10-11-12-13-14-15-16-17-18-19-20-21-22-23-24-28(27-32(36)37)29-25-30(34(2,3)4)33(38)31(26-29)35(5,6)7;1-16(2,3)12-9-11(7-8-14(18)19)10-13(15(12)20)17(4,5)6;1-2/h25-26,28,38H,8-24,27H2,1-7H3,(H,36,37);9-10,20H,7-8H2,1-6H3,(H,18,19);1-2H2. The predicted octanol–water partition coefficient (Wildman–Crippen LogP) is 16.0. The number of aryl methyl sites for hydroxylation is 1. The van der Waals surface area contributed by atoms with Gasteiger partial charge in [-0.15, -0.1) is 13.2 Å².